The maximum absolute atomic E-state index is 6.20. The van der Waals surface area contributed by atoms with Crippen molar-refractivity contribution in [3.8, 4) is 11.4 Å². The SMILES string of the molecule is CC1(C)OB(c2cnc(-c3cccc4c3[C@@]35CCCC[C@H]3[C@@H](C4)NCC5)nc2)OC1(C)C. The van der Waals surface area contributed by atoms with E-state index in [1.807, 2.05) is 12.4 Å². The number of nitrogens with one attached hydrogen (secondary N) is 1. The first kappa shape index (κ1) is 20.8. The average molecular weight is 431 g/mol. The van der Waals surface area contributed by atoms with E-state index < -0.39 is 7.12 Å². The fraction of sp³-hybridized carbons (Fsp3) is 0.615. The number of aromatic nitrogens is 2. The summed E-state index contributed by atoms with van der Waals surface area (Å²) in [6, 6.07) is 7.39. The minimum absolute atomic E-state index is 0.284. The Morgan fingerprint density at radius 2 is 1.75 bits per heavy atom. The van der Waals surface area contributed by atoms with Crippen molar-refractivity contribution in [3.05, 3.63) is 41.7 Å². The zero-order valence-corrected chi connectivity index (χ0v) is 19.8. The van der Waals surface area contributed by atoms with Gasteiger partial charge in [0.1, 0.15) is 0 Å². The third-order valence-corrected chi connectivity index (χ3v) is 9.09. The summed E-state index contributed by atoms with van der Waals surface area (Å²) in [7, 11) is -0.426. The lowest BCUT2D eigenvalue weighted by atomic mass is 9.52. The molecule has 4 aliphatic rings. The van der Waals surface area contributed by atoms with Gasteiger partial charge >= 0.3 is 7.12 Å². The van der Waals surface area contributed by atoms with Gasteiger partial charge in [-0.1, -0.05) is 31.0 Å². The number of benzene rings is 1. The molecule has 0 unspecified atom stereocenters. The highest BCUT2D eigenvalue weighted by Crippen LogP contribution is 2.55. The predicted molar refractivity (Wildman–Crippen MR) is 127 cm³/mol. The smallest absolute Gasteiger partial charge is 0.399 e. The highest BCUT2D eigenvalue weighted by atomic mass is 16.7. The van der Waals surface area contributed by atoms with E-state index in [9.17, 15) is 0 Å². The van der Waals surface area contributed by atoms with E-state index in [4.69, 9.17) is 19.3 Å². The van der Waals surface area contributed by atoms with Crippen LogP contribution >= 0.6 is 0 Å². The summed E-state index contributed by atoms with van der Waals surface area (Å²) in [6.07, 6.45) is 11.5. The van der Waals surface area contributed by atoms with Crippen LogP contribution in [0.4, 0.5) is 0 Å². The molecule has 2 aromatic rings. The molecule has 168 valence electrons. The van der Waals surface area contributed by atoms with Crippen molar-refractivity contribution in [2.75, 3.05) is 6.54 Å². The van der Waals surface area contributed by atoms with Gasteiger partial charge in [-0.3, -0.25) is 0 Å². The molecule has 1 saturated carbocycles. The largest absolute Gasteiger partial charge is 0.498 e. The van der Waals surface area contributed by atoms with Crippen LogP contribution < -0.4 is 10.8 Å². The van der Waals surface area contributed by atoms with Crippen molar-refractivity contribution in [1.82, 2.24) is 15.3 Å². The summed E-state index contributed by atoms with van der Waals surface area (Å²) in [5.41, 5.74) is 4.71. The summed E-state index contributed by atoms with van der Waals surface area (Å²) < 4.78 is 12.4. The Hall–Kier alpha value is -1.76. The molecule has 0 spiro atoms. The minimum atomic E-state index is -0.426. The molecule has 5 nitrogen and oxygen atoms in total. The highest BCUT2D eigenvalue weighted by molar-refractivity contribution is 6.61. The van der Waals surface area contributed by atoms with Crippen LogP contribution in [0.15, 0.2) is 30.6 Å². The van der Waals surface area contributed by atoms with Gasteiger partial charge in [-0.15, -0.1) is 0 Å². The molecule has 6 rings (SSSR count). The van der Waals surface area contributed by atoms with Crippen molar-refractivity contribution in [2.45, 2.75) is 88.9 Å². The number of piperidine rings is 1. The molecule has 6 heteroatoms. The minimum Gasteiger partial charge on any atom is -0.399 e. The van der Waals surface area contributed by atoms with Crippen LogP contribution in [0.1, 0.15) is 70.9 Å². The molecule has 0 radical (unpaired) electrons. The topological polar surface area (TPSA) is 56.3 Å². The molecule has 2 bridgehead atoms. The second-order valence-electron chi connectivity index (χ2n) is 11.3. The summed E-state index contributed by atoms with van der Waals surface area (Å²) in [6.45, 7) is 9.42. The summed E-state index contributed by atoms with van der Waals surface area (Å²) in [4.78, 5) is 9.70. The number of hydrogen-bond acceptors (Lipinski definition) is 5. The molecule has 3 heterocycles. The van der Waals surface area contributed by atoms with Gasteiger partial charge in [-0.05, 0) is 77.0 Å². The molecule has 1 aromatic carbocycles. The molecule has 1 N–H and O–H groups in total. The van der Waals surface area contributed by atoms with Crippen molar-refractivity contribution >= 4 is 12.6 Å². The van der Waals surface area contributed by atoms with Crippen molar-refractivity contribution in [2.24, 2.45) is 5.92 Å². The Morgan fingerprint density at radius 3 is 2.50 bits per heavy atom. The average Bonchev–Trinajstić information content (AvgIpc) is 3.00. The molecule has 3 atom stereocenters. The molecule has 3 fully saturated rings. The van der Waals surface area contributed by atoms with Gasteiger partial charge in [0.2, 0.25) is 0 Å². The summed E-state index contributed by atoms with van der Waals surface area (Å²) >= 11 is 0. The number of hydrogen-bond donors (Lipinski definition) is 1. The van der Waals surface area contributed by atoms with Gasteiger partial charge in [0.25, 0.3) is 0 Å². The van der Waals surface area contributed by atoms with E-state index in [-0.39, 0.29) is 16.6 Å². The normalized spacial score (nSPS) is 32.3. The first-order valence-corrected chi connectivity index (χ1v) is 12.3. The standard InChI is InChI=1S/C26H34BN3O2/c1-24(2)25(3,4)32-27(31-24)18-15-29-23(30-16-18)19-9-7-8-17-14-21-20-10-5-6-11-26(20,22(17)19)12-13-28-21/h7-9,15-16,20-21,28H,5-6,10-14H2,1-4H3/t20-,21+,26+/m0/s1. The lowest BCUT2D eigenvalue weighted by Crippen LogP contribution is -2.59. The molecule has 1 aromatic heterocycles. The van der Waals surface area contributed by atoms with Crippen molar-refractivity contribution in [3.63, 3.8) is 0 Å². The van der Waals surface area contributed by atoms with E-state index in [0.717, 1.165) is 30.2 Å². The number of fused-ring (bicyclic) bond motifs is 1. The van der Waals surface area contributed by atoms with E-state index >= 15 is 0 Å². The second kappa shape index (κ2) is 7.12. The van der Waals surface area contributed by atoms with Crippen molar-refractivity contribution < 1.29 is 9.31 Å². The second-order valence-corrected chi connectivity index (χ2v) is 11.3. The Kier molecular flexibility index (Phi) is 4.63. The van der Waals surface area contributed by atoms with Gasteiger partial charge < -0.3 is 14.6 Å². The lowest BCUT2D eigenvalue weighted by Gasteiger charge is -2.56. The zero-order valence-electron chi connectivity index (χ0n) is 19.8. The van der Waals surface area contributed by atoms with E-state index in [1.54, 1.807) is 5.56 Å². The first-order chi connectivity index (χ1) is 15.3. The lowest BCUT2D eigenvalue weighted by molar-refractivity contribution is 0.00578. The monoisotopic (exact) mass is 431 g/mol. The van der Waals surface area contributed by atoms with Crippen LogP contribution in [0.5, 0.6) is 0 Å². The molecule has 2 aliphatic carbocycles. The zero-order chi connectivity index (χ0) is 22.1. The number of rotatable bonds is 2. The van der Waals surface area contributed by atoms with Crippen LogP contribution in [0.25, 0.3) is 11.4 Å². The third-order valence-electron chi connectivity index (χ3n) is 9.09. The molecular formula is C26H34BN3O2. The number of nitrogens with zero attached hydrogens (tertiary/aromatic N) is 2. The predicted octanol–water partition coefficient (Wildman–Crippen LogP) is 3.79. The van der Waals surface area contributed by atoms with Crippen LogP contribution in [-0.2, 0) is 21.1 Å². The van der Waals surface area contributed by atoms with Gasteiger partial charge in [0, 0.05) is 34.9 Å². The molecular weight excluding hydrogens is 397 g/mol. The maximum atomic E-state index is 6.20. The fourth-order valence-corrected chi connectivity index (χ4v) is 6.80. The van der Waals surface area contributed by atoms with Gasteiger partial charge in [0.15, 0.2) is 5.82 Å². The maximum Gasteiger partial charge on any atom is 0.498 e. The van der Waals surface area contributed by atoms with E-state index in [1.165, 1.54) is 43.2 Å². The highest BCUT2D eigenvalue weighted by Gasteiger charge is 2.53. The fourth-order valence-electron chi connectivity index (χ4n) is 6.80. The first-order valence-electron chi connectivity index (χ1n) is 12.3. The van der Waals surface area contributed by atoms with Gasteiger partial charge in [-0.2, -0.15) is 0 Å². The Labute approximate surface area is 191 Å². The molecule has 2 aliphatic heterocycles. The van der Waals surface area contributed by atoms with Crippen LogP contribution in [0, 0.1) is 5.92 Å². The van der Waals surface area contributed by atoms with Crippen molar-refractivity contribution in [1.29, 1.82) is 0 Å². The van der Waals surface area contributed by atoms with Crippen LogP contribution in [0.2, 0.25) is 0 Å². The Morgan fingerprint density at radius 1 is 1.00 bits per heavy atom. The quantitative estimate of drug-likeness (QED) is 0.734. The van der Waals surface area contributed by atoms with Gasteiger partial charge in [-0.25, -0.2) is 9.97 Å². The van der Waals surface area contributed by atoms with Crippen LogP contribution in [0.3, 0.4) is 0 Å². The Bertz CT molecular complexity index is 1020. The van der Waals surface area contributed by atoms with E-state index in [2.05, 4.69) is 51.2 Å². The molecule has 2 saturated heterocycles. The third kappa shape index (κ3) is 2.95. The molecule has 0 amide bonds. The summed E-state index contributed by atoms with van der Waals surface area (Å²) in [5, 5.41) is 3.84. The molecule has 32 heavy (non-hydrogen) atoms. The summed E-state index contributed by atoms with van der Waals surface area (Å²) in [5.74, 6) is 1.57. The van der Waals surface area contributed by atoms with Crippen LogP contribution in [-0.4, -0.2) is 40.9 Å². The van der Waals surface area contributed by atoms with Gasteiger partial charge in [0.05, 0.1) is 11.2 Å². The van der Waals surface area contributed by atoms with E-state index in [0.29, 0.717) is 6.04 Å². The Balaban J connectivity index is 1.38.